The molecule has 98 valence electrons. The van der Waals surface area contributed by atoms with Crippen LogP contribution in [0.3, 0.4) is 0 Å². The molecule has 0 radical (unpaired) electrons. The summed E-state index contributed by atoms with van der Waals surface area (Å²) in [4.78, 5) is 9.11. The van der Waals surface area contributed by atoms with Crippen LogP contribution in [0, 0.1) is 12.8 Å². The topological polar surface area (TPSA) is 63.8 Å². The molecular formula is C14H22N4. The SMILES string of the molecule is Cc1c(N)nc(C2CC2)nc1NC1CCCC1C. The van der Waals surface area contributed by atoms with Crippen molar-refractivity contribution in [2.24, 2.45) is 5.92 Å². The third-order valence-corrected chi connectivity index (χ3v) is 4.33. The maximum atomic E-state index is 6.00. The van der Waals surface area contributed by atoms with Crippen molar-refractivity contribution < 1.29 is 0 Å². The van der Waals surface area contributed by atoms with Crippen LogP contribution in [-0.4, -0.2) is 16.0 Å². The minimum absolute atomic E-state index is 0.546. The molecule has 2 atom stereocenters. The summed E-state index contributed by atoms with van der Waals surface area (Å²) in [6.07, 6.45) is 6.29. The minimum atomic E-state index is 0.546. The number of aromatic nitrogens is 2. The molecule has 2 saturated carbocycles. The number of nitrogens with zero attached hydrogens (tertiary/aromatic N) is 2. The second kappa shape index (κ2) is 4.41. The Kier molecular flexibility index (Phi) is 2.88. The van der Waals surface area contributed by atoms with Crippen molar-refractivity contribution >= 4 is 11.6 Å². The molecule has 1 heterocycles. The highest BCUT2D eigenvalue weighted by Gasteiger charge is 2.29. The zero-order valence-electron chi connectivity index (χ0n) is 11.2. The standard InChI is InChI=1S/C14H22N4/c1-8-4-3-5-11(8)16-13-9(2)12(15)17-14(18-13)10-6-7-10/h8,10-11H,3-7H2,1-2H3,(H3,15,16,17,18). The van der Waals surface area contributed by atoms with E-state index in [4.69, 9.17) is 10.7 Å². The smallest absolute Gasteiger partial charge is 0.136 e. The normalized spacial score (nSPS) is 27.4. The lowest BCUT2D eigenvalue weighted by atomic mass is 10.1. The van der Waals surface area contributed by atoms with Gasteiger partial charge in [-0.05, 0) is 38.5 Å². The molecule has 2 unspecified atom stereocenters. The van der Waals surface area contributed by atoms with Gasteiger partial charge in [0.25, 0.3) is 0 Å². The van der Waals surface area contributed by atoms with Gasteiger partial charge >= 0.3 is 0 Å². The van der Waals surface area contributed by atoms with Crippen LogP contribution in [0.1, 0.15) is 56.3 Å². The third kappa shape index (κ3) is 2.16. The van der Waals surface area contributed by atoms with Gasteiger partial charge in [0.15, 0.2) is 0 Å². The first-order valence-corrected chi connectivity index (χ1v) is 7.05. The van der Waals surface area contributed by atoms with Crippen molar-refractivity contribution in [1.29, 1.82) is 0 Å². The first kappa shape index (κ1) is 11.8. The van der Waals surface area contributed by atoms with E-state index in [-0.39, 0.29) is 0 Å². The maximum absolute atomic E-state index is 6.00. The summed E-state index contributed by atoms with van der Waals surface area (Å²) < 4.78 is 0. The van der Waals surface area contributed by atoms with E-state index in [9.17, 15) is 0 Å². The van der Waals surface area contributed by atoms with Gasteiger partial charge in [-0.3, -0.25) is 0 Å². The van der Waals surface area contributed by atoms with E-state index < -0.39 is 0 Å². The Morgan fingerprint density at radius 2 is 1.94 bits per heavy atom. The van der Waals surface area contributed by atoms with Gasteiger partial charge in [-0.1, -0.05) is 13.3 Å². The lowest BCUT2D eigenvalue weighted by molar-refractivity contribution is 0.554. The fourth-order valence-corrected chi connectivity index (χ4v) is 2.75. The zero-order chi connectivity index (χ0) is 12.7. The summed E-state index contributed by atoms with van der Waals surface area (Å²) in [6, 6.07) is 0.546. The molecule has 0 aliphatic heterocycles. The predicted molar refractivity (Wildman–Crippen MR) is 73.6 cm³/mol. The summed E-state index contributed by atoms with van der Waals surface area (Å²) in [6.45, 7) is 4.32. The van der Waals surface area contributed by atoms with Crippen LogP contribution < -0.4 is 11.1 Å². The number of nitrogens with one attached hydrogen (secondary N) is 1. The van der Waals surface area contributed by atoms with Crippen LogP contribution >= 0.6 is 0 Å². The van der Waals surface area contributed by atoms with E-state index in [1.807, 2.05) is 6.92 Å². The molecule has 3 N–H and O–H groups in total. The van der Waals surface area contributed by atoms with Gasteiger partial charge in [0.2, 0.25) is 0 Å². The zero-order valence-corrected chi connectivity index (χ0v) is 11.2. The number of hydrogen-bond acceptors (Lipinski definition) is 4. The number of rotatable bonds is 3. The second-order valence-electron chi connectivity index (χ2n) is 5.87. The third-order valence-electron chi connectivity index (χ3n) is 4.33. The molecule has 18 heavy (non-hydrogen) atoms. The molecule has 0 saturated heterocycles. The highest BCUT2D eigenvalue weighted by Crippen LogP contribution is 2.39. The van der Waals surface area contributed by atoms with Gasteiger partial charge < -0.3 is 11.1 Å². The first-order chi connectivity index (χ1) is 8.65. The molecule has 0 aromatic carbocycles. The van der Waals surface area contributed by atoms with Crippen molar-refractivity contribution in [2.45, 2.75) is 57.9 Å². The van der Waals surface area contributed by atoms with E-state index in [0.717, 1.165) is 23.1 Å². The summed E-state index contributed by atoms with van der Waals surface area (Å²) in [7, 11) is 0. The van der Waals surface area contributed by atoms with E-state index in [1.54, 1.807) is 0 Å². The molecule has 4 heteroatoms. The minimum Gasteiger partial charge on any atom is -0.383 e. The molecule has 0 spiro atoms. The lowest BCUT2D eigenvalue weighted by Gasteiger charge is -2.20. The van der Waals surface area contributed by atoms with Crippen LogP contribution in [0.15, 0.2) is 0 Å². The van der Waals surface area contributed by atoms with E-state index >= 15 is 0 Å². The van der Waals surface area contributed by atoms with Crippen LogP contribution in [0.4, 0.5) is 11.6 Å². The molecule has 0 amide bonds. The maximum Gasteiger partial charge on any atom is 0.136 e. The Hall–Kier alpha value is -1.32. The van der Waals surface area contributed by atoms with Gasteiger partial charge in [-0.15, -0.1) is 0 Å². The molecule has 4 nitrogen and oxygen atoms in total. The van der Waals surface area contributed by atoms with Gasteiger partial charge in [-0.2, -0.15) is 0 Å². The van der Waals surface area contributed by atoms with Gasteiger partial charge in [0, 0.05) is 17.5 Å². The fraction of sp³-hybridized carbons (Fsp3) is 0.714. The Bertz CT molecular complexity index is 453. The van der Waals surface area contributed by atoms with Crippen molar-refractivity contribution in [2.75, 3.05) is 11.1 Å². The number of hydrogen-bond donors (Lipinski definition) is 2. The Labute approximate surface area is 108 Å². The highest BCUT2D eigenvalue weighted by atomic mass is 15.1. The average Bonchev–Trinajstić information content (AvgIpc) is 3.11. The fourth-order valence-electron chi connectivity index (χ4n) is 2.75. The van der Waals surface area contributed by atoms with Crippen LogP contribution in [0.5, 0.6) is 0 Å². The van der Waals surface area contributed by atoms with Crippen molar-refractivity contribution in [3.63, 3.8) is 0 Å². The molecule has 2 aliphatic carbocycles. The van der Waals surface area contributed by atoms with Gasteiger partial charge in [-0.25, -0.2) is 9.97 Å². The van der Waals surface area contributed by atoms with Crippen molar-refractivity contribution in [1.82, 2.24) is 9.97 Å². The summed E-state index contributed by atoms with van der Waals surface area (Å²) >= 11 is 0. The molecule has 2 fully saturated rings. The largest absolute Gasteiger partial charge is 0.383 e. The number of nitrogens with two attached hydrogens (primary N) is 1. The van der Waals surface area contributed by atoms with E-state index in [0.29, 0.717) is 17.8 Å². The summed E-state index contributed by atoms with van der Waals surface area (Å²) in [5, 5.41) is 3.59. The first-order valence-electron chi connectivity index (χ1n) is 7.05. The van der Waals surface area contributed by atoms with Gasteiger partial charge in [0.1, 0.15) is 17.5 Å². The predicted octanol–water partition coefficient (Wildman–Crippen LogP) is 2.85. The van der Waals surface area contributed by atoms with Crippen LogP contribution in [0.25, 0.3) is 0 Å². The van der Waals surface area contributed by atoms with E-state index in [1.165, 1.54) is 32.1 Å². The Balaban J connectivity index is 1.85. The van der Waals surface area contributed by atoms with Crippen molar-refractivity contribution in [3.05, 3.63) is 11.4 Å². The molecule has 1 aromatic rings. The Morgan fingerprint density at radius 1 is 1.17 bits per heavy atom. The average molecular weight is 246 g/mol. The van der Waals surface area contributed by atoms with Crippen LogP contribution in [-0.2, 0) is 0 Å². The monoisotopic (exact) mass is 246 g/mol. The highest BCUT2D eigenvalue weighted by molar-refractivity contribution is 5.55. The molecular weight excluding hydrogens is 224 g/mol. The summed E-state index contributed by atoms with van der Waals surface area (Å²) in [5.41, 5.74) is 7.00. The second-order valence-corrected chi connectivity index (χ2v) is 5.87. The summed E-state index contributed by atoms with van der Waals surface area (Å²) in [5.74, 6) is 3.81. The lowest BCUT2D eigenvalue weighted by Crippen LogP contribution is -2.23. The molecule has 3 rings (SSSR count). The molecule has 2 aliphatic rings. The van der Waals surface area contributed by atoms with E-state index in [2.05, 4.69) is 17.2 Å². The quantitative estimate of drug-likeness (QED) is 0.860. The molecule has 1 aromatic heterocycles. The Morgan fingerprint density at radius 3 is 2.56 bits per heavy atom. The molecule has 0 bridgehead atoms. The number of anilines is 2. The van der Waals surface area contributed by atoms with Crippen LogP contribution in [0.2, 0.25) is 0 Å². The van der Waals surface area contributed by atoms with Crippen molar-refractivity contribution in [3.8, 4) is 0 Å². The number of nitrogen functional groups attached to an aromatic ring is 1. The van der Waals surface area contributed by atoms with Gasteiger partial charge in [0.05, 0.1) is 0 Å².